The number of rotatable bonds is 5. The standard InChI is InChI=1S/C20H24N6O2/c1-28-16-10-13(7-8-14(16)21)20-24-18(11-17(22)27)25-26(20)15-6-2-4-12-5-3-9-23-19(12)15/h2-6,9,13-14,16H,7-8,10-11,21H2,1H3,(H2,22,27)/t13-,14-,16-/m0/s1. The van der Waals surface area contributed by atoms with Crippen molar-refractivity contribution >= 4 is 16.8 Å². The number of carbonyl (C=O) groups excluding carboxylic acids is 1. The minimum Gasteiger partial charge on any atom is -0.380 e. The number of aromatic nitrogens is 4. The Morgan fingerprint density at radius 1 is 1.29 bits per heavy atom. The molecule has 8 nitrogen and oxygen atoms in total. The maximum absolute atomic E-state index is 11.4. The fraction of sp³-hybridized carbons (Fsp3) is 0.400. The van der Waals surface area contributed by atoms with Crippen LogP contribution in [0, 0.1) is 0 Å². The van der Waals surface area contributed by atoms with Crippen molar-refractivity contribution in [3.05, 3.63) is 48.2 Å². The van der Waals surface area contributed by atoms with Crippen molar-refractivity contribution in [2.45, 2.75) is 43.7 Å². The molecule has 8 heteroatoms. The van der Waals surface area contributed by atoms with Crippen LogP contribution < -0.4 is 11.5 Å². The van der Waals surface area contributed by atoms with Crippen molar-refractivity contribution in [3.8, 4) is 5.69 Å². The molecule has 2 aromatic heterocycles. The number of nitrogens with two attached hydrogens (primary N) is 2. The smallest absolute Gasteiger partial charge is 0.225 e. The minimum atomic E-state index is -0.458. The van der Waals surface area contributed by atoms with Gasteiger partial charge in [0, 0.05) is 30.7 Å². The second kappa shape index (κ2) is 7.65. The molecule has 4 rings (SSSR count). The van der Waals surface area contributed by atoms with Gasteiger partial charge in [-0.05, 0) is 31.4 Å². The van der Waals surface area contributed by atoms with Crippen molar-refractivity contribution in [1.29, 1.82) is 0 Å². The van der Waals surface area contributed by atoms with Crippen molar-refractivity contribution < 1.29 is 9.53 Å². The van der Waals surface area contributed by atoms with Crippen LogP contribution in [0.4, 0.5) is 0 Å². The lowest BCUT2D eigenvalue weighted by atomic mass is 9.83. The highest BCUT2D eigenvalue weighted by Crippen LogP contribution is 2.34. The normalized spacial score (nSPS) is 22.4. The van der Waals surface area contributed by atoms with Crippen LogP contribution in [0.1, 0.15) is 36.8 Å². The summed E-state index contributed by atoms with van der Waals surface area (Å²) in [4.78, 5) is 20.6. The third-order valence-corrected chi connectivity index (χ3v) is 5.36. The Morgan fingerprint density at radius 3 is 2.89 bits per heavy atom. The van der Waals surface area contributed by atoms with Crippen LogP contribution in [0.25, 0.3) is 16.6 Å². The molecule has 0 bridgehead atoms. The lowest BCUT2D eigenvalue weighted by molar-refractivity contribution is -0.117. The average molecular weight is 380 g/mol. The van der Waals surface area contributed by atoms with Gasteiger partial charge in [0.2, 0.25) is 5.91 Å². The molecular formula is C20H24N6O2. The van der Waals surface area contributed by atoms with Crippen molar-refractivity contribution in [2.75, 3.05) is 7.11 Å². The minimum absolute atomic E-state index is 0.00185. The van der Waals surface area contributed by atoms with E-state index < -0.39 is 5.91 Å². The first-order chi connectivity index (χ1) is 13.6. The number of primary amides is 1. The monoisotopic (exact) mass is 380 g/mol. The molecule has 1 aromatic carbocycles. The van der Waals surface area contributed by atoms with Crippen LogP contribution in [0.3, 0.4) is 0 Å². The van der Waals surface area contributed by atoms with Gasteiger partial charge in [-0.25, -0.2) is 9.67 Å². The van der Waals surface area contributed by atoms with E-state index in [4.69, 9.17) is 16.2 Å². The third kappa shape index (κ3) is 3.48. The highest BCUT2D eigenvalue weighted by Gasteiger charge is 2.32. The van der Waals surface area contributed by atoms with E-state index in [0.717, 1.165) is 41.7 Å². The zero-order valence-electron chi connectivity index (χ0n) is 15.8. The summed E-state index contributed by atoms with van der Waals surface area (Å²) in [6.07, 6.45) is 4.20. The van der Waals surface area contributed by atoms with E-state index >= 15 is 0 Å². The van der Waals surface area contributed by atoms with E-state index in [-0.39, 0.29) is 24.5 Å². The van der Waals surface area contributed by atoms with Crippen LogP contribution in [-0.2, 0) is 16.0 Å². The summed E-state index contributed by atoms with van der Waals surface area (Å²) in [7, 11) is 1.69. The molecule has 1 aliphatic carbocycles. The first-order valence-electron chi connectivity index (χ1n) is 9.43. The summed E-state index contributed by atoms with van der Waals surface area (Å²) >= 11 is 0. The number of ether oxygens (including phenoxy) is 1. The molecular weight excluding hydrogens is 356 g/mol. The highest BCUT2D eigenvalue weighted by atomic mass is 16.5. The summed E-state index contributed by atoms with van der Waals surface area (Å²) < 4.78 is 7.38. The summed E-state index contributed by atoms with van der Waals surface area (Å²) in [6, 6.07) is 9.86. The number of amides is 1. The number of benzene rings is 1. The van der Waals surface area contributed by atoms with Gasteiger partial charge >= 0.3 is 0 Å². The van der Waals surface area contributed by atoms with Gasteiger partial charge in [0.25, 0.3) is 0 Å². The van der Waals surface area contributed by atoms with Gasteiger partial charge in [-0.3, -0.25) is 9.78 Å². The molecule has 1 aliphatic rings. The number of hydrogen-bond donors (Lipinski definition) is 2. The van der Waals surface area contributed by atoms with Crippen LogP contribution >= 0.6 is 0 Å². The van der Waals surface area contributed by atoms with Crippen LogP contribution in [-0.4, -0.2) is 44.9 Å². The molecule has 3 atom stereocenters. The number of fused-ring (bicyclic) bond motifs is 1. The molecule has 0 aliphatic heterocycles. The van der Waals surface area contributed by atoms with Crippen LogP contribution in [0.15, 0.2) is 36.5 Å². The Morgan fingerprint density at radius 2 is 2.11 bits per heavy atom. The molecule has 28 heavy (non-hydrogen) atoms. The Balaban J connectivity index is 1.82. The highest BCUT2D eigenvalue weighted by molar-refractivity contribution is 5.86. The lowest BCUT2D eigenvalue weighted by Gasteiger charge is -2.32. The Bertz CT molecular complexity index is 996. The fourth-order valence-electron chi connectivity index (χ4n) is 3.96. The number of pyridine rings is 1. The molecule has 0 saturated heterocycles. The zero-order chi connectivity index (χ0) is 19.7. The van der Waals surface area contributed by atoms with E-state index in [1.54, 1.807) is 13.3 Å². The number of para-hydroxylation sites is 1. The van der Waals surface area contributed by atoms with E-state index in [1.807, 2.05) is 35.0 Å². The summed E-state index contributed by atoms with van der Waals surface area (Å²) in [5.41, 5.74) is 13.2. The molecule has 146 valence electrons. The molecule has 2 heterocycles. The molecule has 4 N–H and O–H groups in total. The van der Waals surface area contributed by atoms with Crippen LogP contribution in [0.5, 0.6) is 0 Å². The van der Waals surface area contributed by atoms with E-state index in [1.165, 1.54) is 0 Å². The molecule has 0 unspecified atom stereocenters. The van der Waals surface area contributed by atoms with E-state index in [0.29, 0.717) is 5.82 Å². The Kier molecular flexibility index (Phi) is 5.06. The third-order valence-electron chi connectivity index (χ3n) is 5.36. The number of methoxy groups -OCH3 is 1. The number of hydrogen-bond acceptors (Lipinski definition) is 6. The quantitative estimate of drug-likeness (QED) is 0.691. The summed E-state index contributed by atoms with van der Waals surface area (Å²) in [5, 5.41) is 5.62. The molecule has 3 aromatic rings. The lowest BCUT2D eigenvalue weighted by Crippen LogP contribution is -2.41. The molecule has 0 radical (unpaired) electrons. The predicted octanol–water partition coefficient (Wildman–Crippen LogP) is 1.45. The number of carbonyl (C=O) groups is 1. The maximum Gasteiger partial charge on any atom is 0.225 e. The summed E-state index contributed by atoms with van der Waals surface area (Å²) in [5.74, 6) is 0.876. The van der Waals surface area contributed by atoms with Gasteiger partial charge in [0.05, 0.1) is 23.7 Å². The largest absolute Gasteiger partial charge is 0.380 e. The zero-order valence-corrected chi connectivity index (χ0v) is 15.8. The average Bonchev–Trinajstić information content (AvgIpc) is 3.10. The summed E-state index contributed by atoms with van der Waals surface area (Å²) in [6.45, 7) is 0. The van der Waals surface area contributed by atoms with Crippen LogP contribution in [0.2, 0.25) is 0 Å². The van der Waals surface area contributed by atoms with E-state index in [2.05, 4.69) is 15.1 Å². The SMILES string of the molecule is CO[C@H]1C[C@@H](c2nc(CC(N)=O)nn2-c2cccc3cccnc23)CC[C@@H]1N. The topological polar surface area (TPSA) is 122 Å². The Hall–Kier alpha value is -2.84. The van der Waals surface area contributed by atoms with Gasteiger partial charge in [-0.1, -0.05) is 18.2 Å². The molecule has 0 spiro atoms. The maximum atomic E-state index is 11.4. The van der Waals surface area contributed by atoms with Crippen molar-refractivity contribution in [2.24, 2.45) is 11.5 Å². The molecule has 1 fully saturated rings. The molecule has 1 saturated carbocycles. The van der Waals surface area contributed by atoms with Gasteiger partial charge in [-0.2, -0.15) is 5.10 Å². The van der Waals surface area contributed by atoms with Gasteiger partial charge in [0.15, 0.2) is 5.82 Å². The Labute approximate surface area is 162 Å². The van der Waals surface area contributed by atoms with Crippen molar-refractivity contribution in [1.82, 2.24) is 19.7 Å². The number of nitrogens with zero attached hydrogens (tertiary/aromatic N) is 4. The second-order valence-corrected chi connectivity index (χ2v) is 7.24. The van der Waals surface area contributed by atoms with Gasteiger partial charge in [-0.15, -0.1) is 0 Å². The van der Waals surface area contributed by atoms with Crippen molar-refractivity contribution in [3.63, 3.8) is 0 Å². The van der Waals surface area contributed by atoms with Gasteiger partial charge in [0.1, 0.15) is 5.82 Å². The predicted molar refractivity (Wildman–Crippen MR) is 105 cm³/mol. The first kappa shape index (κ1) is 18.5. The fourth-order valence-corrected chi connectivity index (χ4v) is 3.96. The second-order valence-electron chi connectivity index (χ2n) is 7.24. The van der Waals surface area contributed by atoms with Gasteiger partial charge < -0.3 is 16.2 Å². The first-order valence-corrected chi connectivity index (χ1v) is 9.43. The van der Waals surface area contributed by atoms with E-state index in [9.17, 15) is 4.79 Å². The molecule has 1 amide bonds.